The Bertz CT molecular complexity index is 807. The molecule has 0 spiro atoms. The molecule has 0 saturated carbocycles. The van der Waals surface area contributed by atoms with Gasteiger partial charge in [0.1, 0.15) is 6.54 Å². The number of likely N-dealkylation sites (tertiary alicyclic amines) is 1. The van der Waals surface area contributed by atoms with Crippen LogP contribution in [0.2, 0.25) is 0 Å². The summed E-state index contributed by atoms with van der Waals surface area (Å²) in [6.45, 7) is 2.75. The highest BCUT2D eigenvalue weighted by Crippen LogP contribution is 2.24. The van der Waals surface area contributed by atoms with Crippen molar-refractivity contribution < 1.29 is 19.2 Å². The molecule has 0 aromatic heterocycles. The van der Waals surface area contributed by atoms with Gasteiger partial charge in [-0.25, -0.2) is 0 Å². The highest BCUT2D eigenvalue weighted by atomic mass is 16.2. The maximum absolute atomic E-state index is 12.9. The molecule has 2 aliphatic rings. The van der Waals surface area contributed by atoms with Crippen LogP contribution in [0.3, 0.4) is 0 Å². The number of amides is 4. The zero-order valence-corrected chi connectivity index (χ0v) is 16.1. The molecular formula is C20H26N4O4. The molecular weight excluding hydrogens is 360 g/mol. The smallest absolute Gasteiger partial charge is 0.262 e. The fraction of sp³-hybridized carbons (Fsp3) is 0.500. The fourth-order valence-corrected chi connectivity index (χ4v) is 3.77. The summed E-state index contributed by atoms with van der Waals surface area (Å²) in [5.41, 5.74) is 6.96. The molecule has 1 saturated heterocycles. The molecule has 4 amide bonds. The molecule has 3 N–H and O–H groups in total. The second-order valence-corrected chi connectivity index (χ2v) is 7.32. The third-order valence-corrected chi connectivity index (χ3v) is 5.27. The highest BCUT2D eigenvalue weighted by Gasteiger charge is 2.38. The molecule has 8 heteroatoms. The Labute approximate surface area is 164 Å². The number of nitrogens with one attached hydrogen (secondary N) is 1. The highest BCUT2D eigenvalue weighted by molar-refractivity contribution is 6.22. The summed E-state index contributed by atoms with van der Waals surface area (Å²) in [5.74, 6) is -1.28. The molecule has 1 aromatic carbocycles. The van der Waals surface area contributed by atoms with Crippen LogP contribution in [-0.4, -0.2) is 65.6 Å². The number of nitrogens with two attached hydrogens (primary N) is 1. The molecule has 0 bridgehead atoms. The Morgan fingerprint density at radius 3 is 2.68 bits per heavy atom. The quantitative estimate of drug-likeness (QED) is 0.689. The SMILES string of the molecule is Cc1ccc2c(c1)C(=O)N(CC(=O)N1CCCCC1CNC(=O)CCN)C2=O. The van der Waals surface area contributed by atoms with Gasteiger partial charge in [0.2, 0.25) is 11.8 Å². The van der Waals surface area contributed by atoms with Gasteiger partial charge in [-0.1, -0.05) is 11.6 Å². The number of rotatable bonds is 6. The van der Waals surface area contributed by atoms with Gasteiger partial charge in [0, 0.05) is 32.1 Å². The fourth-order valence-electron chi connectivity index (χ4n) is 3.77. The van der Waals surface area contributed by atoms with Crippen LogP contribution in [0.1, 0.15) is 52.0 Å². The number of carbonyl (C=O) groups is 4. The van der Waals surface area contributed by atoms with E-state index >= 15 is 0 Å². The Morgan fingerprint density at radius 2 is 1.93 bits per heavy atom. The zero-order valence-electron chi connectivity index (χ0n) is 16.1. The van der Waals surface area contributed by atoms with E-state index in [2.05, 4.69) is 5.32 Å². The molecule has 3 rings (SSSR count). The van der Waals surface area contributed by atoms with Gasteiger partial charge in [0.15, 0.2) is 0 Å². The molecule has 0 radical (unpaired) electrons. The Morgan fingerprint density at radius 1 is 1.18 bits per heavy atom. The number of benzene rings is 1. The van der Waals surface area contributed by atoms with Crippen molar-refractivity contribution in [1.29, 1.82) is 0 Å². The second kappa shape index (κ2) is 8.52. The lowest BCUT2D eigenvalue weighted by Crippen LogP contribution is -2.52. The minimum absolute atomic E-state index is 0.139. The molecule has 28 heavy (non-hydrogen) atoms. The van der Waals surface area contributed by atoms with Crippen LogP contribution in [-0.2, 0) is 9.59 Å². The summed E-state index contributed by atoms with van der Waals surface area (Å²) in [6.07, 6.45) is 2.85. The monoisotopic (exact) mass is 386 g/mol. The minimum atomic E-state index is -0.432. The molecule has 150 valence electrons. The first-order valence-corrected chi connectivity index (χ1v) is 9.65. The predicted molar refractivity (Wildman–Crippen MR) is 103 cm³/mol. The van der Waals surface area contributed by atoms with Gasteiger partial charge in [-0.3, -0.25) is 24.1 Å². The van der Waals surface area contributed by atoms with Gasteiger partial charge < -0.3 is 16.0 Å². The van der Waals surface area contributed by atoms with E-state index in [1.807, 2.05) is 6.92 Å². The summed E-state index contributed by atoms with van der Waals surface area (Å²) < 4.78 is 0. The van der Waals surface area contributed by atoms with Gasteiger partial charge >= 0.3 is 0 Å². The van der Waals surface area contributed by atoms with E-state index < -0.39 is 11.8 Å². The van der Waals surface area contributed by atoms with Crippen molar-refractivity contribution in [3.05, 3.63) is 34.9 Å². The van der Waals surface area contributed by atoms with Crippen molar-refractivity contribution in [1.82, 2.24) is 15.1 Å². The summed E-state index contributed by atoms with van der Waals surface area (Å²) in [4.78, 5) is 52.5. The molecule has 1 aromatic rings. The minimum Gasteiger partial charge on any atom is -0.354 e. The lowest BCUT2D eigenvalue weighted by atomic mass is 10.0. The topological polar surface area (TPSA) is 113 Å². The third kappa shape index (κ3) is 4.06. The number of piperidine rings is 1. The summed E-state index contributed by atoms with van der Waals surface area (Å²) in [5, 5.41) is 2.81. The van der Waals surface area contributed by atoms with E-state index in [0.717, 1.165) is 29.7 Å². The van der Waals surface area contributed by atoms with Crippen LogP contribution in [0.5, 0.6) is 0 Å². The molecule has 2 aliphatic heterocycles. The van der Waals surface area contributed by atoms with Gasteiger partial charge in [-0.05, 0) is 38.3 Å². The van der Waals surface area contributed by atoms with Crippen LogP contribution < -0.4 is 11.1 Å². The molecule has 1 atom stereocenters. The summed E-state index contributed by atoms with van der Waals surface area (Å²) >= 11 is 0. The van der Waals surface area contributed by atoms with Crippen molar-refractivity contribution >= 4 is 23.6 Å². The Balaban J connectivity index is 1.66. The van der Waals surface area contributed by atoms with Gasteiger partial charge in [-0.2, -0.15) is 0 Å². The number of nitrogens with zero attached hydrogens (tertiary/aromatic N) is 2. The van der Waals surface area contributed by atoms with E-state index in [1.165, 1.54) is 0 Å². The number of fused-ring (bicyclic) bond motifs is 1. The van der Waals surface area contributed by atoms with E-state index in [0.29, 0.717) is 24.2 Å². The molecule has 2 heterocycles. The van der Waals surface area contributed by atoms with Crippen LogP contribution >= 0.6 is 0 Å². The first kappa shape index (κ1) is 20.0. The Kier molecular flexibility index (Phi) is 6.08. The first-order chi connectivity index (χ1) is 13.4. The predicted octanol–water partition coefficient (Wildman–Crippen LogP) is 0.437. The molecule has 0 aliphatic carbocycles. The third-order valence-electron chi connectivity index (χ3n) is 5.27. The standard InChI is InChI=1S/C20H26N4O4/c1-13-5-6-15-16(10-13)20(28)24(19(15)27)12-18(26)23-9-3-2-4-14(23)11-22-17(25)7-8-21/h5-6,10,14H,2-4,7-9,11-12,21H2,1H3,(H,22,25). The van der Waals surface area contributed by atoms with E-state index in [1.54, 1.807) is 23.1 Å². The maximum atomic E-state index is 12.9. The van der Waals surface area contributed by atoms with Crippen LogP contribution in [0.25, 0.3) is 0 Å². The van der Waals surface area contributed by atoms with Gasteiger partial charge in [0.25, 0.3) is 11.8 Å². The van der Waals surface area contributed by atoms with Crippen molar-refractivity contribution in [2.24, 2.45) is 5.73 Å². The summed E-state index contributed by atoms with van der Waals surface area (Å²) in [6, 6.07) is 4.95. The lowest BCUT2D eigenvalue weighted by Gasteiger charge is -2.36. The maximum Gasteiger partial charge on any atom is 0.262 e. The van der Waals surface area contributed by atoms with Crippen molar-refractivity contribution in [3.63, 3.8) is 0 Å². The average molecular weight is 386 g/mol. The van der Waals surface area contributed by atoms with Crippen molar-refractivity contribution in [3.8, 4) is 0 Å². The van der Waals surface area contributed by atoms with Crippen molar-refractivity contribution in [2.45, 2.75) is 38.6 Å². The molecule has 1 unspecified atom stereocenters. The number of imide groups is 1. The molecule has 8 nitrogen and oxygen atoms in total. The number of aryl methyl sites for hydroxylation is 1. The van der Waals surface area contributed by atoms with Gasteiger partial charge in [-0.15, -0.1) is 0 Å². The van der Waals surface area contributed by atoms with Gasteiger partial charge in [0.05, 0.1) is 11.1 Å². The number of hydrogen-bond donors (Lipinski definition) is 2. The van der Waals surface area contributed by atoms with Crippen LogP contribution in [0.4, 0.5) is 0 Å². The second-order valence-electron chi connectivity index (χ2n) is 7.32. The van der Waals surface area contributed by atoms with Crippen LogP contribution in [0, 0.1) is 6.92 Å². The normalized spacial score (nSPS) is 19.0. The van der Waals surface area contributed by atoms with Crippen LogP contribution in [0.15, 0.2) is 18.2 Å². The number of carbonyl (C=O) groups excluding carboxylic acids is 4. The summed E-state index contributed by atoms with van der Waals surface area (Å²) in [7, 11) is 0. The zero-order chi connectivity index (χ0) is 20.3. The van der Waals surface area contributed by atoms with E-state index in [4.69, 9.17) is 5.73 Å². The molecule has 1 fully saturated rings. The average Bonchev–Trinajstić information content (AvgIpc) is 2.91. The lowest BCUT2D eigenvalue weighted by molar-refractivity contribution is -0.135. The first-order valence-electron chi connectivity index (χ1n) is 9.65. The van der Waals surface area contributed by atoms with E-state index in [9.17, 15) is 19.2 Å². The van der Waals surface area contributed by atoms with Crippen molar-refractivity contribution in [2.75, 3.05) is 26.2 Å². The Hall–Kier alpha value is -2.74. The largest absolute Gasteiger partial charge is 0.354 e. The number of hydrogen-bond acceptors (Lipinski definition) is 5. The van der Waals surface area contributed by atoms with E-state index in [-0.39, 0.29) is 37.4 Å².